The van der Waals surface area contributed by atoms with E-state index in [1.54, 1.807) is 0 Å². The summed E-state index contributed by atoms with van der Waals surface area (Å²) in [7, 11) is 0. The van der Waals surface area contributed by atoms with E-state index in [1.165, 1.54) is 12.8 Å². The highest BCUT2D eigenvalue weighted by atomic mass is 16.6. The number of carboxylic acid groups (broad SMARTS) is 1. The summed E-state index contributed by atoms with van der Waals surface area (Å²) in [4.78, 5) is 10.6. The lowest BCUT2D eigenvalue weighted by atomic mass is 9.69. The number of unbranched alkanes of at least 4 members (excludes halogenated alkanes) is 3. The van der Waals surface area contributed by atoms with Crippen molar-refractivity contribution in [1.29, 1.82) is 0 Å². The van der Waals surface area contributed by atoms with Crippen LogP contribution in [0.4, 0.5) is 0 Å². The number of aliphatic carboxylic acids is 1. The van der Waals surface area contributed by atoms with Crippen molar-refractivity contribution in [2.75, 3.05) is 6.61 Å². The maximum atomic E-state index is 10.6. The van der Waals surface area contributed by atoms with Crippen LogP contribution >= 0.6 is 0 Å². The first kappa shape index (κ1) is 20.6. The Morgan fingerprint density at radius 1 is 1.22 bits per heavy atom. The molecular formula is C22H34O5. The quantitative estimate of drug-likeness (QED) is 0.423. The SMILES string of the molecule is CCCCC[C@H](O)/C=C/[C@@H]1[C@H]2C(/C=C/CCCC(=O)O)CO[C@H]3C[C@@H]1O[C@@H]23. The molecule has 0 aromatic heterocycles. The van der Waals surface area contributed by atoms with E-state index in [1.807, 2.05) is 6.08 Å². The zero-order valence-corrected chi connectivity index (χ0v) is 16.3. The Hall–Kier alpha value is -1.17. The molecule has 0 radical (unpaired) electrons. The highest BCUT2D eigenvalue weighted by Gasteiger charge is 2.57. The van der Waals surface area contributed by atoms with Gasteiger partial charge in [-0.05, 0) is 19.3 Å². The van der Waals surface area contributed by atoms with Gasteiger partial charge in [0.05, 0.1) is 31.0 Å². The maximum Gasteiger partial charge on any atom is 0.303 e. The van der Waals surface area contributed by atoms with E-state index in [0.29, 0.717) is 30.8 Å². The van der Waals surface area contributed by atoms with E-state index < -0.39 is 5.97 Å². The predicted octanol–water partition coefficient (Wildman–Crippen LogP) is 3.71. The third kappa shape index (κ3) is 5.21. The van der Waals surface area contributed by atoms with Crippen LogP contribution in [0.25, 0.3) is 0 Å². The lowest BCUT2D eigenvalue weighted by molar-refractivity contribution is -0.137. The van der Waals surface area contributed by atoms with E-state index in [4.69, 9.17) is 14.6 Å². The number of aliphatic hydroxyl groups is 1. The van der Waals surface area contributed by atoms with Crippen LogP contribution in [0.1, 0.15) is 58.3 Å². The number of rotatable bonds is 11. The number of carboxylic acids is 1. The molecule has 7 atom stereocenters. The summed E-state index contributed by atoms with van der Waals surface area (Å²) < 4.78 is 12.2. The van der Waals surface area contributed by atoms with Gasteiger partial charge in [0.1, 0.15) is 0 Å². The minimum atomic E-state index is -0.739. The zero-order valence-electron chi connectivity index (χ0n) is 16.3. The molecule has 0 saturated carbocycles. The van der Waals surface area contributed by atoms with Crippen molar-refractivity contribution in [2.24, 2.45) is 17.8 Å². The Bertz CT molecular complexity index is 543. The molecule has 2 bridgehead atoms. The average molecular weight is 379 g/mol. The summed E-state index contributed by atoms with van der Waals surface area (Å²) in [5, 5.41) is 19.0. The lowest BCUT2D eigenvalue weighted by Crippen LogP contribution is -2.47. The standard InChI is InChI=1S/C22H34O5/c1-2-3-5-9-16(23)11-12-17-18-13-19-22(27-18)21(17)15(14-26-19)8-6-4-7-10-20(24)25/h6,8,11-12,15-19,21-23H,2-5,7,9-10,13-14H2,1H3,(H,24,25)/b8-6+,12-11+/t15?,16-,17-,18-,19-,21+,22+/m0/s1. The van der Waals surface area contributed by atoms with Crippen LogP contribution in [-0.2, 0) is 14.3 Å². The number of hydrogen-bond acceptors (Lipinski definition) is 4. The molecule has 27 heavy (non-hydrogen) atoms. The molecular weight excluding hydrogens is 344 g/mol. The van der Waals surface area contributed by atoms with Crippen LogP contribution in [0.3, 0.4) is 0 Å². The number of ether oxygens (including phenoxy) is 2. The van der Waals surface area contributed by atoms with Gasteiger partial charge in [0.2, 0.25) is 0 Å². The lowest BCUT2D eigenvalue weighted by Gasteiger charge is -2.40. The molecule has 0 amide bonds. The second-order valence-corrected chi connectivity index (χ2v) is 8.23. The van der Waals surface area contributed by atoms with Crippen LogP contribution in [0.2, 0.25) is 0 Å². The van der Waals surface area contributed by atoms with Gasteiger partial charge in [0.15, 0.2) is 0 Å². The van der Waals surface area contributed by atoms with Crippen LogP contribution in [0.5, 0.6) is 0 Å². The van der Waals surface area contributed by atoms with Gasteiger partial charge < -0.3 is 19.7 Å². The molecule has 0 aromatic rings. The smallest absolute Gasteiger partial charge is 0.303 e. The van der Waals surface area contributed by atoms with E-state index >= 15 is 0 Å². The van der Waals surface area contributed by atoms with E-state index in [0.717, 1.165) is 25.7 Å². The molecule has 3 aliphatic rings. The molecule has 0 aromatic carbocycles. The summed E-state index contributed by atoms with van der Waals surface area (Å²) in [6.45, 7) is 2.88. The molecule has 5 heteroatoms. The molecule has 3 heterocycles. The van der Waals surface area contributed by atoms with Crippen molar-refractivity contribution >= 4 is 5.97 Å². The van der Waals surface area contributed by atoms with Gasteiger partial charge in [0, 0.05) is 30.6 Å². The second kappa shape index (κ2) is 9.85. The van der Waals surface area contributed by atoms with Crippen LogP contribution in [-0.4, -0.2) is 47.2 Å². The second-order valence-electron chi connectivity index (χ2n) is 8.23. The van der Waals surface area contributed by atoms with Gasteiger partial charge in [-0.2, -0.15) is 0 Å². The van der Waals surface area contributed by atoms with Gasteiger partial charge in [-0.3, -0.25) is 4.79 Å². The predicted molar refractivity (Wildman–Crippen MR) is 103 cm³/mol. The number of fused-ring (bicyclic) bond motifs is 1. The fourth-order valence-electron chi connectivity index (χ4n) is 4.83. The normalized spacial score (nSPS) is 36.1. The van der Waals surface area contributed by atoms with Gasteiger partial charge in [-0.25, -0.2) is 0 Å². The first-order valence-corrected chi connectivity index (χ1v) is 10.6. The topological polar surface area (TPSA) is 76.0 Å². The van der Waals surface area contributed by atoms with E-state index in [9.17, 15) is 9.90 Å². The summed E-state index contributed by atoms with van der Waals surface area (Å²) in [6.07, 6.45) is 15.5. The summed E-state index contributed by atoms with van der Waals surface area (Å²) in [5.41, 5.74) is 0. The van der Waals surface area contributed by atoms with Gasteiger partial charge in [0.25, 0.3) is 0 Å². The highest BCUT2D eigenvalue weighted by Crippen LogP contribution is 2.51. The van der Waals surface area contributed by atoms with Crippen LogP contribution in [0, 0.1) is 17.8 Å². The van der Waals surface area contributed by atoms with Gasteiger partial charge in [-0.15, -0.1) is 0 Å². The first-order valence-electron chi connectivity index (χ1n) is 10.6. The number of carbonyl (C=O) groups is 1. The molecule has 3 fully saturated rings. The van der Waals surface area contributed by atoms with E-state index in [-0.39, 0.29) is 30.8 Å². The summed E-state index contributed by atoms with van der Waals surface area (Å²) >= 11 is 0. The maximum absolute atomic E-state index is 10.6. The molecule has 0 spiro atoms. The number of allylic oxidation sites excluding steroid dienone is 1. The number of aliphatic hydroxyl groups excluding tert-OH is 1. The van der Waals surface area contributed by atoms with Gasteiger partial charge >= 0.3 is 5.97 Å². The fraction of sp³-hybridized carbons (Fsp3) is 0.773. The average Bonchev–Trinajstić information content (AvgIpc) is 3.21. The molecule has 152 valence electrons. The van der Waals surface area contributed by atoms with Crippen molar-refractivity contribution in [3.8, 4) is 0 Å². The molecule has 1 unspecified atom stereocenters. The van der Waals surface area contributed by atoms with Crippen LogP contribution in [0.15, 0.2) is 24.3 Å². The third-order valence-corrected chi connectivity index (χ3v) is 6.22. The molecule has 3 aliphatic heterocycles. The van der Waals surface area contributed by atoms with Crippen molar-refractivity contribution in [1.82, 2.24) is 0 Å². The summed E-state index contributed by atoms with van der Waals surface area (Å²) in [6, 6.07) is 0. The Kier molecular flexibility index (Phi) is 7.50. The number of hydrogen-bond donors (Lipinski definition) is 2. The molecule has 2 N–H and O–H groups in total. The van der Waals surface area contributed by atoms with Crippen molar-refractivity contribution < 1.29 is 24.5 Å². The molecule has 3 rings (SSSR count). The van der Waals surface area contributed by atoms with E-state index in [2.05, 4.69) is 25.2 Å². The van der Waals surface area contributed by atoms with Crippen molar-refractivity contribution in [3.63, 3.8) is 0 Å². The van der Waals surface area contributed by atoms with Gasteiger partial charge in [-0.1, -0.05) is 50.5 Å². The Balaban J connectivity index is 1.56. The molecule has 3 saturated heterocycles. The van der Waals surface area contributed by atoms with Crippen LogP contribution < -0.4 is 0 Å². The van der Waals surface area contributed by atoms with Crippen molar-refractivity contribution in [2.45, 2.75) is 82.7 Å². The minimum Gasteiger partial charge on any atom is -0.481 e. The van der Waals surface area contributed by atoms with Crippen molar-refractivity contribution in [3.05, 3.63) is 24.3 Å². The highest BCUT2D eigenvalue weighted by molar-refractivity contribution is 5.66. The minimum absolute atomic E-state index is 0.157. The fourth-order valence-corrected chi connectivity index (χ4v) is 4.83. The molecule has 5 nitrogen and oxygen atoms in total. The summed E-state index contributed by atoms with van der Waals surface area (Å²) in [5.74, 6) is 0.298. The Morgan fingerprint density at radius 2 is 2.07 bits per heavy atom. The first-order chi connectivity index (χ1) is 13.1. The Morgan fingerprint density at radius 3 is 2.85 bits per heavy atom. The zero-order chi connectivity index (χ0) is 19.2. The monoisotopic (exact) mass is 378 g/mol. The largest absolute Gasteiger partial charge is 0.481 e. The Labute approximate surface area is 162 Å². The molecule has 0 aliphatic carbocycles. The third-order valence-electron chi connectivity index (χ3n) is 6.22.